The van der Waals surface area contributed by atoms with E-state index in [1.165, 1.54) is 16.0 Å². The minimum absolute atomic E-state index is 0.0157. The Hall–Kier alpha value is -1.69. The Balaban J connectivity index is 1.88. The van der Waals surface area contributed by atoms with Crippen LogP contribution in [0.15, 0.2) is 22.4 Å². The highest BCUT2D eigenvalue weighted by atomic mass is 32.1. The summed E-state index contributed by atoms with van der Waals surface area (Å²) in [6.45, 7) is 1.65. The van der Waals surface area contributed by atoms with Crippen LogP contribution in [-0.2, 0) is 11.3 Å². The van der Waals surface area contributed by atoms with E-state index in [9.17, 15) is 9.59 Å². The number of rotatable bonds is 2. The fourth-order valence-corrected chi connectivity index (χ4v) is 3.02. The van der Waals surface area contributed by atoms with Crippen molar-refractivity contribution in [2.45, 2.75) is 19.4 Å². The number of hydrogen-bond acceptors (Lipinski definition) is 4. The summed E-state index contributed by atoms with van der Waals surface area (Å²) in [5, 5.41) is 6.76. The van der Waals surface area contributed by atoms with Crippen LogP contribution in [0.2, 0.25) is 0 Å². The predicted octanol–water partition coefficient (Wildman–Crippen LogP) is 1.08. The number of likely N-dealkylation sites (tertiary alicyclic amines) is 1. The summed E-state index contributed by atoms with van der Waals surface area (Å²) in [4.78, 5) is 25.8. The number of hydrogen-bond donors (Lipinski definition) is 0. The predicted molar refractivity (Wildman–Crippen MR) is 69.7 cm³/mol. The molecule has 3 rings (SSSR count). The fourth-order valence-electron chi connectivity index (χ4n) is 2.20. The second-order valence-corrected chi connectivity index (χ2v) is 5.32. The van der Waals surface area contributed by atoms with Gasteiger partial charge in [0.2, 0.25) is 5.91 Å². The lowest BCUT2D eigenvalue weighted by Gasteiger charge is -2.15. The number of thiophene rings is 1. The highest BCUT2D eigenvalue weighted by Gasteiger charge is 2.19. The zero-order valence-electron chi connectivity index (χ0n) is 9.83. The standard InChI is InChI=1S/C12H13N3O2S/c16-10(14-4-1-2-5-14)8-15-12(17)11-9(7-13-15)3-6-18-11/h3,6-7H,1-2,4-5,8H2. The van der Waals surface area contributed by atoms with E-state index in [0.717, 1.165) is 31.3 Å². The molecule has 1 aliphatic rings. The molecule has 0 saturated carbocycles. The highest BCUT2D eigenvalue weighted by Crippen LogP contribution is 2.14. The summed E-state index contributed by atoms with van der Waals surface area (Å²) in [6.07, 6.45) is 3.75. The minimum Gasteiger partial charge on any atom is -0.341 e. The van der Waals surface area contributed by atoms with E-state index >= 15 is 0 Å². The van der Waals surface area contributed by atoms with Gasteiger partial charge in [0, 0.05) is 18.5 Å². The number of amides is 1. The number of carbonyl (C=O) groups is 1. The maximum Gasteiger partial charge on any atom is 0.285 e. The quantitative estimate of drug-likeness (QED) is 0.814. The van der Waals surface area contributed by atoms with E-state index < -0.39 is 0 Å². The summed E-state index contributed by atoms with van der Waals surface area (Å²) >= 11 is 1.39. The normalized spacial score (nSPS) is 15.4. The largest absolute Gasteiger partial charge is 0.341 e. The third-order valence-electron chi connectivity index (χ3n) is 3.20. The molecule has 5 nitrogen and oxygen atoms in total. The van der Waals surface area contributed by atoms with Crippen molar-refractivity contribution >= 4 is 27.3 Å². The molecular weight excluding hydrogens is 250 g/mol. The lowest BCUT2D eigenvalue weighted by molar-refractivity contribution is -0.131. The summed E-state index contributed by atoms with van der Waals surface area (Å²) in [5.74, 6) is -0.0157. The first-order valence-corrected chi connectivity index (χ1v) is 6.85. The topological polar surface area (TPSA) is 55.2 Å². The van der Waals surface area contributed by atoms with Crippen molar-refractivity contribution in [3.8, 4) is 0 Å². The van der Waals surface area contributed by atoms with Gasteiger partial charge in [0.05, 0.1) is 6.20 Å². The Labute approximate surface area is 108 Å². The molecule has 1 saturated heterocycles. The second kappa shape index (κ2) is 4.53. The molecule has 1 amide bonds. The van der Waals surface area contributed by atoms with E-state index in [-0.39, 0.29) is 18.0 Å². The average Bonchev–Trinajstić information content (AvgIpc) is 3.02. The van der Waals surface area contributed by atoms with Crippen molar-refractivity contribution in [3.05, 3.63) is 28.0 Å². The van der Waals surface area contributed by atoms with Crippen LogP contribution in [-0.4, -0.2) is 33.7 Å². The van der Waals surface area contributed by atoms with Gasteiger partial charge in [-0.3, -0.25) is 9.59 Å². The molecule has 3 heterocycles. The van der Waals surface area contributed by atoms with Gasteiger partial charge in [-0.2, -0.15) is 5.10 Å². The van der Waals surface area contributed by atoms with Crippen molar-refractivity contribution in [1.82, 2.24) is 14.7 Å². The maximum absolute atomic E-state index is 12.1. The van der Waals surface area contributed by atoms with Gasteiger partial charge in [-0.15, -0.1) is 11.3 Å². The third kappa shape index (κ3) is 1.92. The number of fused-ring (bicyclic) bond motifs is 1. The lowest BCUT2D eigenvalue weighted by Crippen LogP contribution is -2.35. The lowest BCUT2D eigenvalue weighted by atomic mass is 10.4. The molecule has 0 N–H and O–H groups in total. The van der Waals surface area contributed by atoms with Crippen LogP contribution in [0, 0.1) is 0 Å². The van der Waals surface area contributed by atoms with Gasteiger partial charge in [0.1, 0.15) is 11.2 Å². The van der Waals surface area contributed by atoms with Crippen LogP contribution in [0.1, 0.15) is 12.8 Å². The van der Waals surface area contributed by atoms with Gasteiger partial charge in [-0.25, -0.2) is 4.68 Å². The van der Waals surface area contributed by atoms with Gasteiger partial charge in [-0.05, 0) is 24.3 Å². The Morgan fingerprint density at radius 1 is 1.39 bits per heavy atom. The number of aromatic nitrogens is 2. The minimum atomic E-state index is -0.171. The molecule has 0 radical (unpaired) electrons. The van der Waals surface area contributed by atoms with Crippen LogP contribution in [0.4, 0.5) is 0 Å². The Kier molecular flexibility index (Phi) is 2.87. The van der Waals surface area contributed by atoms with Crippen LogP contribution in [0.25, 0.3) is 10.1 Å². The summed E-state index contributed by atoms with van der Waals surface area (Å²) in [6, 6.07) is 1.86. The van der Waals surface area contributed by atoms with Gasteiger partial charge in [0.25, 0.3) is 5.56 Å². The maximum atomic E-state index is 12.1. The van der Waals surface area contributed by atoms with E-state index in [2.05, 4.69) is 5.10 Å². The van der Waals surface area contributed by atoms with Gasteiger partial charge < -0.3 is 4.90 Å². The molecule has 2 aromatic heterocycles. The first kappa shape index (κ1) is 11.4. The third-order valence-corrected chi connectivity index (χ3v) is 4.12. The smallest absolute Gasteiger partial charge is 0.285 e. The summed E-state index contributed by atoms with van der Waals surface area (Å²) in [7, 11) is 0. The molecule has 0 aliphatic carbocycles. The Morgan fingerprint density at radius 2 is 2.17 bits per heavy atom. The monoisotopic (exact) mass is 263 g/mol. The zero-order chi connectivity index (χ0) is 12.5. The fraction of sp³-hybridized carbons (Fsp3) is 0.417. The van der Waals surface area contributed by atoms with Gasteiger partial charge >= 0.3 is 0 Å². The molecule has 2 aromatic rings. The van der Waals surface area contributed by atoms with E-state index in [1.807, 2.05) is 11.4 Å². The van der Waals surface area contributed by atoms with Crippen molar-refractivity contribution in [2.75, 3.05) is 13.1 Å². The molecule has 0 spiro atoms. The van der Waals surface area contributed by atoms with E-state index in [4.69, 9.17) is 0 Å². The summed E-state index contributed by atoms with van der Waals surface area (Å²) < 4.78 is 1.93. The van der Waals surface area contributed by atoms with Crippen molar-refractivity contribution in [3.63, 3.8) is 0 Å². The molecule has 1 aliphatic heterocycles. The molecule has 18 heavy (non-hydrogen) atoms. The Morgan fingerprint density at radius 3 is 2.94 bits per heavy atom. The molecule has 1 fully saturated rings. The van der Waals surface area contributed by atoms with E-state index in [1.54, 1.807) is 11.1 Å². The van der Waals surface area contributed by atoms with Crippen LogP contribution >= 0.6 is 11.3 Å². The number of carbonyl (C=O) groups excluding carboxylic acids is 1. The first-order chi connectivity index (χ1) is 8.75. The molecule has 0 unspecified atom stereocenters. The van der Waals surface area contributed by atoms with E-state index in [0.29, 0.717) is 4.70 Å². The molecule has 0 aromatic carbocycles. The highest BCUT2D eigenvalue weighted by molar-refractivity contribution is 7.17. The average molecular weight is 263 g/mol. The molecule has 94 valence electrons. The van der Waals surface area contributed by atoms with Crippen LogP contribution in [0.5, 0.6) is 0 Å². The first-order valence-electron chi connectivity index (χ1n) is 5.97. The van der Waals surface area contributed by atoms with Crippen LogP contribution < -0.4 is 5.56 Å². The molecular formula is C12H13N3O2S. The Bertz CT molecular complexity index is 640. The SMILES string of the molecule is O=C(Cn1ncc2ccsc2c1=O)N1CCCC1. The molecule has 6 heteroatoms. The molecule has 0 atom stereocenters. The van der Waals surface area contributed by atoms with Crippen molar-refractivity contribution < 1.29 is 4.79 Å². The van der Waals surface area contributed by atoms with Crippen molar-refractivity contribution in [2.24, 2.45) is 0 Å². The van der Waals surface area contributed by atoms with Gasteiger partial charge in [0.15, 0.2) is 0 Å². The van der Waals surface area contributed by atoms with Gasteiger partial charge in [-0.1, -0.05) is 0 Å². The summed E-state index contributed by atoms with van der Waals surface area (Å²) in [5.41, 5.74) is -0.171. The van der Waals surface area contributed by atoms with Crippen LogP contribution in [0.3, 0.4) is 0 Å². The zero-order valence-corrected chi connectivity index (χ0v) is 10.7. The van der Waals surface area contributed by atoms with Crippen molar-refractivity contribution in [1.29, 1.82) is 0 Å². The molecule has 0 bridgehead atoms. The number of nitrogens with zero attached hydrogens (tertiary/aromatic N) is 3. The second-order valence-electron chi connectivity index (χ2n) is 4.40.